The topological polar surface area (TPSA) is 44.8 Å². The number of hydrogen-bond donors (Lipinski definition) is 0. The van der Waals surface area contributed by atoms with Gasteiger partial charge in [0.1, 0.15) is 0 Å². The minimum atomic E-state index is -5.08. The number of ether oxygens (including phenoxy) is 3. The second-order valence-corrected chi connectivity index (χ2v) is 3.33. The van der Waals surface area contributed by atoms with Crippen LogP contribution in [0.3, 0.4) is 0 Å². The van der Waals surface area contributed by atoms with Crippen LogP contribution in [0.1, 0.15) is 6.92 Å². The zero-order chi connectivity index (χ0) is 15.4. The molecule has 0 spiro atoms. The standard InChI is InChI=1S/C11H9F5O4/c1-2-18-9(17)10(12,13)19-7-5-3-4-6-8(7)20-11(14,15)16/h3-6H,2H2,1H3. The number of alkyl halides is 5. The van der Waals surface area contributed by atoms with Crippen molar-refractivity contribution in [3.05, 3.63) is 24.3 Å². The van der Waals surface area contributed by atoms with Crippen LogP contribution in [0.25, 0.3) is 0 Å². The van der Waals surface area contributed by atoms with Gasteiger partial charge < -0.3 is 14.2 Å². The van der Waals surface area contributed by atoms with Crippen LogP contribution in [0.15, 0.2) is 24.3 Å². The number of para-hydroxylation sites is 2. The third-order valence-corrected chi connectivity index (χ3v) is 1.83. The minimum Gasteiger partial charge on any atom is -0.459 e. The van der Waals surface area contributed by atoms with Gasteiger partial charge in [0.2, 0.25) is 0 Å². The molecule has 1 rings (SSSR count). The molecule has 0 aliphatic rings. The van der Waals surface area contributed by atoms with Crippen molar-refractivity contribution in [3.8, 4) is 11.5 Å². The minimum absolute atomic E-state index is 0.335. The van der Waals surface area contributed by atoms with Crippen LogP contribution in [-0.4, -0.2) is 25.0 Å². The summed E-state index contributed by atoms with van der Waals surface area (Å²) in [5, 5.41) is 0. The van der Waals surface area contributed by atoms with E-state index in [9.17, 15) is 26.7 Å². The first-order valence-corrected chi connectivity index (χ1v) is 5.24. The number of hydrogen-bond acceptors (Lipinski definition) is 4. The Labute approximate surface area is 110 Å². The predicted molar refractivity (Wildman–Crippen MR) is 55.3 cm³/mol. The summed E-state index contributed by atoms with van der Waals surface area (Å²) >= 11 is 0. The first-order chi connectivity index (χ1) is 9.15. The molecular weight excluding hydrogens is 291 g/mol. The lowest BCUT2D eigenvalue weighted by molar-refractivity contribution is -0.276. The highest BCUT2D eigenvalue weighted by Crippen LogP contribution is 2.35. The number of benzene rings is 1. The van der Waals surface area contributed by atoms with E-state index in [0.717, 1.165) is 24.3 Å². The molecule has 4 nitrogen and oxygen atoms in total. The van der Waals surface area contributed by atoms with E-state index in [0.29, 0.717) is 0 Å². The average molecular weight is 300 g/mol. The number of esters is 1. The lowest BCUT2D eigenvalue weighted by atomic mass is 10.3. The molecule has 0 saturated heterocycles. The Morgan fingerprint density at radius 1 is 1.05 bits per heavy atom. The molecule has 0 heterocycles. The van der Waals surface area contributed by atoms with Crippen LogP contribution in [-0.2, 0) is 9.53 Å². The van der Waals surface area contributed by atoms with E-state index in [-0.39, 0.29) is 6.61 Å². The summed E-state index contributed by atoms with van der Waals surface area (Å²) in [7, 11) is 0. The Balaban J connectivity index is 2.95. The van der Waals surface area contributed by atoms with E-state index in [1.54, 1.807) is 0 Å². The van der Waals surface area contributed by atoms with Gasteiger partial charge in [0, 0.05) is 0 Å². The maximum atomic E-state index is 13.3. The number of rotatable bonds is 5. The van der Waals surface area contributed by atoms with Gasteiger partial charge in [-0.25, -0.2) is 4.79 Å². The van der Waals surface area contributed by atoms with Gasteiger partial charge in [0.15, 0.2) is 11.5 Å². The Kier molecular flexibility index (Phi) is 4.74. The summed E-state index contributed by atoms with van der Waals surface area (Å²) in [6.07, 6.45) is -9.51. The van der Waals surface area contributed by atoms with E-state index in [4.69, 9.17) is 0 Å². The summed E-state index contributed by atoms with van der Waals surface area (Å²) in [6, 6.07) is 3.83. The van der Waals surface area contributed by atoms with Gasteiger partial charge in [0.25, 0.3) is 0 Å². The monoisotopic (exact) mass is 300 g/mol. The fourth-order valence-electron chi connectivity index (χ4n) is 1.14. The molecule has 0 bridgehead atoms. The number of carbonyl (C=O) groups is 1. The SMILES string of the molecule is CCOC(=O)C(F)(F)Oc1ccccc1OC(F)(F)F. The van der Waals surface area contributed by atoms with E-state index in [1.807, 2.05) is 0 Å². The van der Waals surface area contributed by atoms with Crippen molar-refractivity contribution in [1.29, 1.82) is 0 Å². The lowest BCUT2D eigenvalue weighted by Gasteiger charge is -2.18. The highest BCUT2D eigenvalue weighted by Gasteiger charge is 2.45. The van der Waals surface area contributed by atoms with Crippen molar-refractivity contribution in [2.75, 3.05) is 6.61 Å². The Bertz CT molecular complexity index is 472. The van der Waals surface area contributed by atoms with Gasteiger partial charge in [-0.3, -0.25) is 0 Å². The Morgan fingerprint density at radius 2 is 1.55 bits per heavy atom. The van der Waals surface area contributed by atoms with Gasteiger partial charge >= 0.3 is 18.4 Å². The molecule has 0 saturated carbocycles. The molecule has 0 radical (unpaired) electrons. The second-order valence-electron chi connectivity index (χ2n) is 3.33. The highest BCUT2D eigenvalue weighted by atomic mass is 19.4. The van der Waals surface area contributed by atoms with Crippen molar-refractivity contribution >= 4 is 5.97 Å². The van der Waals surface area contributed by atoms with E-state index in [1.165, 1.54) is 6.92 Å². The molecule has 112 valence electrons. The van der Waals surface area contributed by atoms with Crippen LogP contribution in [0.4, 0.5) is 22.0 Å². The maximum Gasteiger partial charge on any atom is 0.573 e. The molecule has 1 aromatic rings. The van der Waals surface area contributed by atoms with E-state index >= 15 is 0 Å². The second kappa shape index (κ2) is 5.93. The molecule has 9 heteroatoms. The normalized spacial score (nSPS) is 11.9. The molecule has 0 N–H and O–H groups in total. The average Bonchev–Trinajstić information content (AvgIpc) is 2.30. The van der Waals surface area contributed by atoms with Crippen LogP contribution >= 0.6 is 0 Å². The molecule has 0 unspecified atom stereocenters. The molecule has 0 fully saturated rings. The van der Waals surface area contributed by atoms with Crippen molar-refractivity contribution in [2.24, 2.45) is 0 Å². The van der Waals surface area contributed by atoms with Crippen molar-refractivity contribution in [2.45, 2.75) is 19.4 Å². The van der Waals surface area contributed by atoms with Crippen molar-refractivity contribution < 1.29 is 41.0 Å². The third-order valence-electron chi connectivity index (χ3n) is 1.83. The summed E-state index contributed by atoms with van der Waals surface area (Å²) < 4.78 is 74.3. The quantitative estimate of drug-likeness (QED) is 0.619. The highest BCUT2D eigenvalue weighted by molar-refractivity contribution is 5.76. The Hall–Kier alpha value is -2.06. The summed E-state index contributed by atoms with van der Waals surface area (Å²) in [6.45, 7) is 0.952. The summed E-state index contributed by atoms with van der Waals surface area (Å²) in [5.74, 6) is -3.95. The van der Waals surface area contributed by atoms with E-state index < -0.39 is 29.9 Å². The van der Waals surface area contributed by atoms with Gasteiger partial charge in [-0.05, 0) is 19.1 Å². The van der Waals surface area contributed by atoms with Gasteiger partial charge in [-0.15, -0.1) is 13.2 Å². The summed E-state index contributed by atoms with van der Waals surface area (Å²) in [4.78, 5) is 10.9. The smallest absolute Gasteiger partial charge is 0.459 e. The molecule has 0 aromatic heterocycles. The fourth-order valence-corrected chi connectivity index (χ4v) is 1.14. The first-order valence-electron chi connectivity index (χ1n) is 5.24. The molecule has 0 atom stereocenters. The zero-order valence-corrected chi connectivity index (χ0v) is 10.0. The van der Waals surface area contributed by atoms with Crippen LogP contribution in [0, 0.1) is 0 Å². The largest absolute Gasteiger partial charge is 0.573 e. The third kappa shape index (κ3) is 4.56. The molecule has 0 aliphatic heterocycles. The van der Waals surface area contributed by atoms with Gasteiger partial charge in [0.05, 0.1) is 6.61 Å². The molecule has 20 heavy (non-hydrogen) atoms. The van der Waals surface area contributed by atoms with Crippen molar-refractivity contribution in [1.82, 2.24) is 0 Å². The number of carbonyl (C=O) groups excluding carboxylic acids is 1. The zero-order valence-electron chi connectivity index (χ0n) is 10.0. The predicted octanol–water partition coefficient (Wildman–Crippen LogP) is 3.12. The molecule has 0 amide bonds. The van der Waals surface area contributed by atoms with Crippen LogP contribution in [0.5, 0.6) is 11.5 Å². The molecule has 0 aliphatic carbocycles. The van der Waals surface area contributed by atoms with E-state index in [2.05, 4.69) is 14.2 Å². The first kappa shape index (κ1) is 16.0. The fraction of sp³-hybridized carbons (Fsp3) is 0.364. The maximum absolute atomic E-state index is 13.3. The number of halogens is 5. The molecular formula is C11H9F5O4. The van der Waals surface area contributed by atoms with Gasteiger partial charge in [-0.1, -0.05) is 12.1 Å². The lowest BCUT2D eigenvalue weighted by Crippen LogP contribution is -2.37. The van der Waals surface area contributed by atoms with Crippen LogP contribution in [0.2, 0.25) is 0 Å². The van der Waals surface area contributed by atoms with Crippen LogP contribution < -0.4 is 9.47 Å². The Morgan fingerprint density at radius 3 is 2.00 bits per heavy atom. The summed E-state index contributed by atoms with van der Waals surface area (Å²) in [5.41, 5.74) is 0. The van der Waals surface area contributed by atoms with Gasteiger partial charge in [-0.2, -0.15) is 8.78 Å². The van der Waals surface area contributed by atoms with Crippen molar-refractivity contribution in [3.63, 3.8) is 0 Å². The molecule has 1 aromatic carbocycles.